The van der Waals surface area contributed by atoms with E-state index in [1.54, 1.807) is 36.4 Å². The minimum Gasteiger partial charge on any atom is -0.507 e. The van der Waals surface area contributed by atoms with Crippen LogP contribution in [0.3, 0.4) is 0 Å². The number of anilines is 1. The van der Waals surface area contributed by atoms with Crippen LogP contribution in [0.25, 0.3) is 6.08 Å². The SMILES string of the molecule is CN(C)c1ccc(/C=C(\NC(=O)c2ccccc2)C(=O)N/N=C\c2cc(Cl)ccc2O)cc1. The fourth-order valence-corrected chi connectivity index (χ4v) is 3.01. The highest BCUT2D eigenvalue weighted by molar-refractivity contribution is 6.30. The van der Waals surface area contributed by atoms with Crippen molar-refractivity contribution in [2.24, 2.45) is 5.10 Å². The van der Waals surface area contributed by atoms with Gasteiger partial charge in [0.05, 0.1) is 6.21 Å². The van der Waals surface area contributed by atoms with E-state index in [4.69, 9.17) is 11.6 Å². The molecule has 3 aromatic rings. The molecule has 3 aromatic carbocycles. The van der Waals surface area contributed by atoms with Crippen molar-refractivity contribution in [1.29, 1.82) is 0 Å². The predicted molar refractivity (Wildman–Crippen MR) is 132 cm³/mol. The summed E-state index contributed by atoms with van der Waals surface area (Å²) < 4.78 is 0. The quantitative estimate of drug-likeness (QED) is 0.280. The molecule has 33 heavy (non-hydrogen) atoms. The zero-order chi connectivity index (χ0) is 23.8. The summed E-state index contributed by atoms with van der Waals surface area (Å²) >= 11 is 5.93. The molecule has 8 heteroatoms. The van der Waals surface area contributed by atoms with E-state index in [0.717, 1.165) is 11.3 Å². The Hall–Kier alpha value is -4.10. The average molecular weight is 463 g/mol. The Morgan fingerprint density at radius 2 is 1.70 bits per heavy atom. The van der Waals surface area contributed by atoms with Crippen LogP contribution in [0.4, 0.5) is 5.69 Å². The topological polar surface area (TPSA) is 94.0 Å². The molecule has 0 aliphatic carbocycles. The molecule has 0 aliphatic rings. The second kappa shape index (κ2) is 11.0. The Morgan fingerprint density at radius 1 is 1.00 bits per heavy atom. The first-order valence-corrected chi connectivity index (χ1v) is 10.4. The van der Waals surface area contributed by atoms with Gasteiger partial charge < -0.3 is 15.3 Å². The molecule has 0 heterocycles. The predicted octanol–water partition coefficient (Wildman–Crippen LogP) is 4.03. The minimum absolute atomic E-state index is 0.00826. The number of hydrogen-bond acceptors (Lipinski definition) is 5. The van der Waals surface area contributed by atoms with E-state index in [0.29, 0.717) is 16.1 Å². The Labute approximate surface area is 197 Å². The van der Waals surface area contributed by atoms with Crippen molar-refractivity contribution in [3.05, 3.63) is 100 Å². The molecule has 0 unspecified atom stereocenters. The molecule has 0 radical (unpaired) electrons. The highest BCUT2D eigenvalue weighted by Crippen LogP contribution is 2.19. The number of nitrogens with zero attached hydrogens (tertiary/aromatic N) is 2. The fourth-order valence-electron chi connectivity index (χ4n) is 2.83. The van der Waals surface area contributed by atoms with Gasteiger partial charge in [-0.05, 0) is 54.1 Å². The van der Waals surface area contributed by atoms with Gasteiger partial charge in [-0.1, -0.05) is 41.9 Å². The molecule has 2 amide bonds. The van der Waals surface area contributed by atoms with Gasteiger partial charge in [0.1, 0.15) is 11.4 Å². The molecule has 0 bridgehead atoms. The van der Waals surface area contributed by atoms with Crippen LogP contribution in [-0.4, -0.2) is 37.2 Å². The number of nitrogens with one attached hydrogen (secondary N) is 2. The number of hydrazone groups is 1. The second-order valence-electron chi connectivity index (χ2n) is 7.27. The molecule has 0 fully saturated rings. The lowest BCUT2D eigenvalue weighted by Crippen LogP contribution is -2.32. The summed E-state index contributed by atoms with van der Waals surface area (Å²) in [4.78, 5) is 27.4. The van der Waals surface area contributed by atoms with Crippen LogP contribution in [-0.2, 0) is 4.79 Å². The third-order valence-corrected chi connectivity index (χ3v) is 4.84. The number of benzene rings is 3. The summed E-state index contributed by atoms with van der Waals surface area (Å²) in [5.74, 6) is -1.10. The first-order chi connectivity index (χ1) is 15.8. The molecule has 3 N–H and O–H groups in total. The van der Waals surface area contributed by atoms with Crippen LogP contribution in [0.1, 0.15) is 21.5 Å². The molecule has 7 nitrogen and oxygen atoms in total. The minimum atomic E-state index is -0.631. The highest BCUT2D eigenvalue weighted by Gasteiger charge is 2.14. The summed E-state index contributed by atoms with van der Waals surface area (Å²) in [6.45, 7) is 0. The van der Waals surface area contributed by atoms with Gasteiger partial charge in [0, 0.05) is 35.9 Å². The van der Waals surface area contributed by atoms with E-state index in [1.165, 1.54) is 24.4 Å². The maximum Gasteiger partial charge on any atom is 0.287 e. The number of carbonyl (C=O) groups is 2. The van der Waals surface area contributed by atoms with Gasteiger partial charge in [-0.3, -0.25) is 9.59 Å². The fraction of sp³-hybridized carbons (Fsp3) is 0.0800. The van der Waals surface area contributed by atoms with Crippen LogP contribution in [0, 0.1) is 0 Å². The molecular formula is C25H23ClN4O3. The van der Waals surface area contributed by atoms with Crippen LogP contribution in [0.2, 0.25) is 5.02 Å². The zero-order valence-corrected chi connectivity index (χ0v) is 18.9. The number of hydrogen-bond donors (Lipinski definition) is 3. The lowest BCUT2D eigenvalue weighted by Gasteiger charge is -2.12. The van der Waals surface area contributed by atoms with Gasteiger partial charge >= 0.3 is 0 Å². The first-order valence-electron chi connectivity index (χ1n) is 10.0. The van der Waals surface area contributed by atoms with Crippen molar-refractivity contribution in [2.45, 2.75) is 0 Å². The number of phenolic OH excluding ortho intramolecular Hbond substituents is 1. The Bertz CT molecular complexity index is 1190. The molecule has 168 valence electrons. The van der Waals surface area contributed by atoms with Crippen molar-refractivity contribution < 1.29 is 14.7 Å². The van der Waals surface area contributed by atoms with Crippen molar-refractivity contribution >= 4 is 41.4 Å². The summed E-state index contributed by atoms with van der Waals surface area (Å²) in [5, 5.41) is 16.8. The Morgan fingerprint density at radius 3 is 2.36 bits per heavy atom. The normalized spacial score (nSPS) is 11.3. The van der Waals surface area contributed by atoms with Crippen LogP contribution in [0.15, 0.2) is 83.6 Å². The molecule has 0 aliphatic heterocycles. The number of amides is 2. The Kier molecular flexibility index (Phi) is 7.83. The molecule has 0 saturated heterocycles. The van der Waals surface area contributed by atoms with E-state index in [-0.39, 0.29) is 11.4 Å². The number of aromatic hydroxyl groups is 1. The van der Waals surface area contributed by atoms with Crippen molar-refractivity contribution in [1.82, 2.24) is 10.7 Å². The van der Waals surface area contributed by atoms with Crippen LogP contribution in [0.5, 0.6) is 5.75 Å². The van der Waals surface area contributed by atoms with Gasteiger partial charge in [0.15, 0.2) is 0 Å². The monoisotopic (exact) mass is 462 g/mol. The molecule has 0 atom stereocenters. The van der Waals surface area contributed by atoms with E-state index < -0.39 is 11.8 Å². The Balaban J connectivity index is 1.83. The van der Waals surface area contributed by atoms with Crippen LogP contribution < -0.4 is 15.6 Å². The van der Waals surface area contributed by atoms with E-state index >= 15 is 0 Å². The third-order valence-electron chi connectivity index (χ3n) is 4.61. The number of rotatable bonds is 7. The van der Waals surface area contributed by atoms with Gasteiger partial charge in [-0.25, -0.2) is 5.43 Å². The molecular weight excluding hydrogens is 440 g/mol. The second-order valence-corrected chi connectivity index (χ2v) is 7.70. The van der Waals surface area contributed by atoms with E-state index in [2.05, 4.69) is 15.8 Å². The van der Waals surface area contributed by atoms with Gasteiger partial charge in [-0.2, -0.15) is 5.10 Å². The summed E-state index contributed by atoms with van der Waals surface area (Å²) in [6, 6.07) is 20.5. The summed E-state index contributed by atoms with van der Waals surface area (Å²) in [6.07, 6.45) is 2.82. The van der Waals surface area contributed by atoms with Gasteiger partial charge in [-0.15, -0.1) is 0 Å². The van der Waals surface area contributed by atoms with Gasteiger partial charge in [0.2, 0.25) is 0 Å². The highest BCUT2D eigenvalue weighted by atomic mass is 35.5. The number of carbonyl (C=O) groups excluding carboxylic acids is 2. The lowest BCUT2D eigenvalue weighted by molar-refractivity contribution is -0.117. The maximum atomic E-state index is 12.8. The number of halogens is 1. The third kappa shape index (κ3) is 6.69. The average Bonchev–Trinajstić information content (AvgIpc) is 2.81. The van der Waals surface area contributed by atoms with E-state index in [1.807, 2.05) is 43.3 Å². The van der Waals surface area contributed by atoms with E-state index in [9.17, 15) is 14.7 Å². The largest absolute Gasteiger partial charge is 0.507 e. The molecule has 0 aromatic heterocycles. The lowest BCUT2D eigenvalue weighted by atomic mass is 10.1. The standard InChI is InChI=1S/C25H23ClN4O3/c1-30(2)21-11-8-17(9-12-21)14-22(28-24(32)18-6-4-3-5-7-18)25(33)29-27-16-19-15-20(26)10-13-23(19)31/h3-16,31H,1-2H3,(H,28,32)(H,29,33)/b22-14-,27-16-. The number of phenols is 1. The first kappa shape index (κ1) is 23.6. The molecule has 0 saturated carbocycles. The smallest absolute Gasteiger partial charge is 0.287 e. The van der Waals surface area contributed by atoms with Crippen molar-refractivity contribution in [3.63, 3.8) is 0 Å². The van der Waals surface area contributed by atoms with Crippen molar-refractivity contribution in [2.75, 3.05) is 19.0 Å². The van der Waals surface area contributed by atoms with Gasteiger partial charge in [0.25, 0.3) is 11.8 Å². The van der Waals surface area contributed by atoms with Crippen molar-refractivity contribution in [3.8, 4) is 5.75 Å². The summed E-state index contributed by atoms with van der Waals surface area (Å²) in [5.41, 5.74) is 4.84. The summed E-state index contributed by atoms with van der Waals surface area (Å²) in [7, 11) is 3.86. The maximum absolute atomic E-state index is 12.8. The molecule has 0 spiro atoms. The van der Waals surface area contributed by atoms with Crippen LogP contribution >= 0.6 is 11.6 Å². The molecule has 3 rings (SSSR count). The zero-order valence-electron chi connectivity index (χ0n) is 18.1.